The molecule has 0 bridgehead atoms. The van der Waals surface area contributed by atoms with E-state index in [2.05, 4.69) is 9.88 Å². The van der Waals surface area contributed by atoms with Crippen LogP contribution in [-0.2, 0) is 4.79 Å². The second-order valence-electron chi connectivity index (χ2n) is 5.19. The van der Waals surface area contributed by atoms with Gasteiger partial charge in [0, 0.05) is 38.1 Å². The molecule has 22 heavy (non-hydrogen) atoms. The molecule has 3 N–H and O–H groups in total. The fourth-order valence-corrected chi connectivity index (χ4v) is 3.20. The summed E-state index contributed by atoms with van der Waals surface area (Å²) in [6.07, 6.45) is 3.97. The summed E-state index contributed by atoms with van der Waals surface area (Å²) >= 11 is 1.32. The van der Waals surface area contributed by atoms with E-state index in [4.69, 9.17) is 5.73 Å². The maximum Gasteiger partial charge on any atom is 0.309 e. The normalized spacial score (nSPS) is 20.2. The summed E-state index contributed by atoms with van der Waals surface area (Å²) in [5.74, 6) is -1.88. The standard InChI is InChI=1S/C14H20N4O3S/c1-2-3-4-17-5-6-18(8-10(7-17)13(20)21)14-16-11(9-22-14)12(15)19/h2-3,9-10H,4-8H2,1H3,(H2,15,19)(H,20,21)/b3-2+/t10-/m0/s1. The van der Waals surface area contributed by atoms with Gasteiger partial charge in [0.05, 0.1) is 5.92 Å². The topological polar surface area (TPSA) is 99.8 Å². The van der Waals surface area contributed by atoms with Crippen molar-refractivity contribution >= 4 is 28.3 Å². The van der Waals surface area contributed by atoms with Gasteiger partial charge in [-0.25, -0.2) is 4.98 Å². The van der Waals surface area contributed by atoms with Crippen LogP contribution < -0.4 is 10.6 Å². The lowest BCUT2D eigenvalue weighted by atomic mass is 10.1. The number of anilines is 1. The minimum Gasteiger partial charge on any atom is -0.481 e. The number of thiazole rings is 1. The predicted molar refractivity (Wildman–Crippen MR) is 85.2 cm³/mol. The molecular formula is C14H20N4O3S. The number of carboxylic acids is 1. The predicted octanol–water partition coefficient (Wildman–Crippen LogP) is 0.641. The molecular weight excluding hydrogens is 304 g/mol. The van der Waals surface area contributed by atoms with Crippen LogP contribution in [0.1, 0.15) is 17.4 Å². The molecule has 0 aromatic carbocycles. The minimum absolute atomic E-state index is 0.224. The summed E-state index contributed by atoms with van der Waals surface area (Å²) < 4.78 is 0. The van der Waals surface area contributed by atoms with Crippen molar-refractivity contribution in [3.05, 3.63) is 23.2 Å². The van der Waals surface area contributed by atoms with Crippen LogP contribution in [0.4, 0.5) is 5.13 Å². The molecule has 0 unspecified atom stereocenters. The number of primary amides is 1. The lowest BCUT2D eigenvalue weighted by Crippen LogP contribution is -2.34. The molecule has 0 aliphatic carbocycles. The second-order valence-corrected chi connectivity index (χ2v) is 6.03. The van der Waals surface area contributed by atoms with Crippen LogP contribution in [-0.4, -0.2) is 59.6 Å². The Morgan fingerprint density at radius 3 is 2.86 bits per heavy atom. The van der Waals surface area contributed by atoms with Gasteiger partial charge in [-0.2, -0.15) is 0 Å². The Balaban J connectivity index is 2.14. The largest absolute Gasteiger partial charge is 0.481 e. The van der Waals surface area contributed by atoms with E-state index in [1.54, 1.807) is 5.38 Å². The van der Waals surface area contributed by atoms with Gasteiger partial charge >= 0.3 is 5.97 Å². The first-order valence-electron chi connectivity index (χ1n) is 7.08. The van der Waals surface area contributed by atoms with Gasteiger partial charge in [-0.05, 0) is 6.92 Å². The van der Waals surface area contributed by atoms with E-state index in [0.29, 0.717) is 24.8 Å². The Morgan fingerprint density at radius 2 is 2.27 bits per heavy atom. The number of hydrogen-bond acceptors (Lipinski definition) is 6. The fraction of sp³-hybridized carbons (Fsp3) is 0.500. The SMILES string of the molecule is C/C=C/CN1CCN(c2nc(C(N)=O)cs2)C[C@@H](C(=O)O)C1. The molecule has 1 fully saturated rings. The van der Waals surface area contributed by atoms with Crippen molar-refractivity contribution in [2.45, 2.75) is 6.92 Å². The van der Waals surface area contributed by atoms with Crippen LogP contribution in [0.3, 0.4) is 0 Å². The molecule has 1 saturated heterocycles. The molecule has 2 heterocycles. The first-order valence-corrected chi connectivity index (χ1v) is 7.95. The molecule has 0 radical (unpaired) electrons. The third kappa shape index (κ3) is 4.05. The number of rotatable bonds is 5. The summed E-state index contributed by atoms with van der Waals surface area (Å²) in [6, 6.07) is 0. The molecule has 1 aromatic rings. The summed E-state index contributed by atoms with van der Waals surface area (Å²) in [5.41, 5.74) is 5.44. The van der Waals surface area contributed by atoms with Crippen molar-refractivity contribution in [2.75, 3.05) is 37.6 Å². The highest BCUT2D eigenvalue weighted by Crippen LogP contribution is 2.23. The lowest BCUT2D eigenvalue weighted by molar-refractivity contribution is -0.141. The number of amides is 1. The maximum atomic E-state index is 11.5. The van der Waals surface area contributed by atoms with Crippen molar-refractivity contribution in [1.29, 1.82) is 0 Å². The van der Waals surface area contributed by atoms with Crippen LogP contribution in [0.5, 0.6) is 0 Å². The summed E-state index contributed by atoms with van der Waals surface area (Å²) in [7, 11) is 0. The molecule has 1 aliphatic rings. The Kier molecular flexibility index (Phi) is 5.51. The molecule has 1 aromatic heterocycles. The number of allylic oxidation sites excluding steroid dienone is 1. The number of nitrogens with two attached hydrogens (primary N) is 1. The number of carbonyl (C=O) groups is 2. The zero-order valence-electron chi connectivity index (χ0n) is 12.4. The quantitative estimate of drug-likeness (QED) is 0.771. The number of aromatic nitrogens is 1. The van der Waals surface area contributed by atoms with E-state index in [1.807, 2.05) is 24.0 Å². The van der Waals surface area contributed by atoms with Crippen LogP contribution in [0.2, 0.25) is 0 Å². The van der Waals surface area contributed by atoms with Crippen LogP contribution >= 0.6 is 11.3 Å². The van der Waals surface area contributed by atoms with Gasteiger partial charge in [0.25, 0.3) is 5.91 Å². The highest BCUT2D eigenvalue weighted by atomic mass is 32.1. The van der Waals surface area contributed by atoms with Gasteiger partial charge in [0.15, 0.2) is 5.13 Å². The first kappa shape index (κ1) is 16.4. The maximum absolute atomic E-state index is 11.5. The lowest BCUT2D eigenvalue weighted by Gasteiger charge is -2.20. The van der Waals surface area contributed by atoms with Gasteiger partial charge in [-0.1, -0.05) is 12.2 Å². The summed E-state index contributed by atoms with van der Waals surface area (Å²) in [4.78, 5) is 30.8. The minimum atomic E-state index is -0.816. The van der Waals surface area contributed by atoms with Gasteiger partial charge in [0.1, 0.15) is 5.69 Å². The van der Waals surface area contributed by atoms with E-state index < -0.39 is 17.8 Å². The van der Waals surface area contributed by atoms with Crippen molar-refractivity contribution in [1.82, 2.24) is 9.88 Å². The molecule has 2 rings (SSSR count). The van der Waals surface area contributed by atoms with Gasteiger partial charge < -0.3 is 15.7 Å². The molecule has 0 saturated carbocycles. The van der Waals surface area contributed by atoms with E-state index in [1.165, 1.54) is 11.3 Å². The number of carboxylic acid groups (broad SMARTS) is 1. The third-order valence-corrected chi connectivity index (χ3v) is 4.47. The third-order valence-electron chi connectivity index (χ3n) is 3.57. The highest BCUT2D eigenvalue weighted by Gasteiger charge is 2.28. The van der Waals surface area contributed by atoms with E-state index in [-0.39, 0.29) is 5.69 Å². The van der Waals surface area contributed by atoms with Crippen LogP contribution in [0.25, 0.3) is 0 Å². The van der Waals surface area contributed by atoms with E-state index >= 15 is 0 Å². The Morgan fingerprint density at radius 1 is 1.50 bits per heavy atom. The molecule has 0 spiro atoms. The number of aliphatic carboxylic acids is 1. The Hall–Kier alpha value is -1.93. The summed E-state index contributed by atoms with van der Waals surface area (Å²) in [5, 5.41) is 11.7. The monoisotopic (exact) mass is 324 g/mol. The second kappa shape index (κ2) is 7.37. The average Bonchev–Trinajstić information content (AvgIpc) is 2.87. The zero-order valence-corrected chi connectivity index (χ0v) is 13.3. The molecule has 1 amide bonds. The van der Waals surface area contributed by atoms with Crippen molar-refractivity contribution in [3.8, 4) is 0 Å². The van der Waals surface area contributed by atoms with E-state index in [9.17, 15) is 14.7 Å². The Bertz CT molecular complexity index is 572. The van der Waals surface area contributed by atoms with E-state index in [0.717, 1.165) is 13.1 Å². The molecule has 1 atom stereocenters. The number of hydrogen-bond donors (Lipinski definition) is 2. The Labute approximate surface area is 133 Å². The number of carbonyl (C=O) groups excluding carboxylic acids is 1. The smallest absolute Gasteiger partial charge is 0.309 e. The fourth-order valence-electron chi connectivity index (χ4n) is 2.35. The van der Waals surface area contributed by atoms with Gasteiger partial charge in [-0.15, -0.1) is 11.3 Å². The molecule has 7 nitrogen and oxygen atoms in total. The van der Waals surface area contributed by atoms with Crippen molar-refractivity contribution < 1.29 is 14.7 Å². The highest BCUT2D eigenvalue weighted by molar-refractivity contribution is 7.13. The molecule has 8 heteroatoms. The first-order chi connectivity index (χ1) is 10.5. The average molecular weight is 324 g/mol. The zero-order chi connectivity index (χ0) is 16.1. The molecule has 120 valence electrons. The summed E-state index contributed by atoms with van der Waals surface area (Å²) in [6.45, 7) is 4.99. The van der Waals surface area contributed by atoms with Crippen molar-refractivity contribution in [3.63, 3.8) is 0 Å². The van der Waals surface area contributed by atoms with Crippen LogP contribution in [0, 0.1) is 5.92 Å². The molecule has 1 aliphatic heterocycles. The van der Waals surface area contributed by atoms with Gasteiger partial charge in [0.2, 0.25) is 0 Å². The van der Waals surface area contributed by atoms with Gasteiger partial charge in [-0.3, -0.25) is 14.5 Å². The van der Waals surface area contributed by atoms with Crippen LogP contribution in [0.15, 0.2) is 17.5 Å². The van der Waals surface area contributed by atoms with Crippen molar-refractivity contribution in [2.24, 2.45) is 11.7 Å². The number of nitrogens with zero attached hydrogens (tertiary/aromatic N) is 3.